The van der Waals surface area contributed by atoms with E-state index in [-0.39, 0.29) is 11.0 Å². The molecule has 1 aliphatic rings. The summed E-state index contributed by atoms with van der Waals surface area (Å²) >= 11 is 0. The quantitative estimate of drug-likeness (QED) is 0.848. The van der Waals surface area contributed by atoms with Crippen molar-refractivity contribution >= 4 is 0 Å². The molecule has 0 bridgehead atoms. The van der Waals surface area contributed by atoms with Gasteiger partial charge in [-0.2, -0.15) is 0 Å². The molecule has 1 aliphatic carbocycles. The lowest BCUT2D eigenvalue weighted by Crippen LogP contribution is -2.29. The molecule has 0 amide bonds. The molecule has 94 valence electrons. The van der Waals surface area contributed by atoms with Gasteiger partial charge < -0.3 is 10.5 Å². The predicted octanol–water partition coefficient (Wildman–Crippen LogP) is 2.64. The summed E-state index contributed by atoms with van der Waals surface area (Å²) in [6.07, 6.45) is 3.31. The highest BCUT2D eigenvalue weighted by Crippen LogP contribution is 2.38. The van der Waals surface area contributed by atoms with Crippen molar-refractivity contribution in [1.82, 2.24) is 0 Å². The maximum Gasteiger partial charge on any atom is 0.0553 e. The van der Waals surface area contributed by atoms with Gasteiger partial charge in [0.25, 0.3) is 0 Å². The van der Waals surface area contributed by atoms with Crippen molar-refractivity contribution < 1.29 is 4.74 Å². The van der Waals surface area contributed by atoms with Crippen LogP contribution in [0.25, 0.3) is 0 Å². The molecule has 2 nitrogen and oxygen atoms in total. The van der Waals surface area contributed by atoms with E-state index in [1.165, 1.54) is 11.1 Å². The third kappa shape index (κ3) is 2.88. The minimum absolute atomic E-state index is 0.0522. The lowest BCUT2D eigenvalue weighted by atomic mass is 9.81. The van der Waals surface area contributed by atoms with Gasteiger partial charge in [0.15, 0.2) is 0 Å². The second-order valence-corrected chi connectivity index (χ2v) is 6.01. The first-order valence-corrected chi connectivity index (χ1v) is 6.33. The van der Waals surface area contributed by atoms with Crippen molar-refractivity contribution in [2.24, 2.45) is 5.73 Å². The summed E-state index contributed by atoms with van der Waals surface area (Å²) in [7, 11) is 1.76. The van der Waals surface area contributed by atoms with Crippen LogP contribution >= 0.6 is 0 Å². The summed E-state index contributed by atoms with van der Waals surface area (Å²) in [5.41, 5.74) is 9.11. The van der Waals surface area contributed by atoms with Crippen LogP contribution in [0.5, 0.6) is 0 Å². The predicted molar refractivity (Wildman–Crippen MR) is 71.2 cm³/mol. The third-order valence-corrected chi connectivity index (χ3v) is 3.69. The van der Waals surface area contributed by atoms with E-state index in [2.05, 4.69) is 38.1 Å². The van der Waals surface area contributed by atoms with Gasteiger partial charge in [-0.1, -0.05) is 38.1 Å². The molecule has 0 radical (unpaired) electrons. The van der Waals surface area contributed by atoms with Crippen molar-refractivity contribution in [3.05, 3.63) is 35.4 Å². The molecule has 0 aromatic heterocycles. The second kappa shape index (κ2) is 4.43. The van der Waals surface area contributed by atoms with Crippen LogP contribution in [-0.2, 0) is 16.6 Å². The van der Waals surface area contributed by atoms with Crippen molar-refractivity contribution in [2.45, 2.75) is 44.1 Å². The van der Waals surface area contributed by atoms with E-state index in [1.807, 2.05) is 0 Å². The molecule has 0 unspecified atom stereocenters. The fourth-order valence-electron chi connectivity index (χ4n) is 2.49. The lowest BCUT2D eigenvalue weighted by Gasteiger charge is -2.28. The number of benzene rings is 1. The smallest absolute Gasteiger partial charge is 0.0553 e. The first-order valence-electron chi connectivity index (χ1n) is 6.33. The first kappa shape index (κ1) is 12.6. The minimum Gasteiger partial charge on any atom is -0.384 e. The Balaban J connectivity index is 2.26. The van der Waals surface area contributed by atoms with E-state index < -0.39 is 0 Å². The van der Waals surface area contributed by atoms with Crippen LogP contribution in [0.4, 0.5) is 0 Å². The van der Waals surface area contributed by atoms with E-state index in [0.29, 0.717) is 0 Å². The zero-order valence-corrected chi connectivity index (χ0v) is 11.1. The van der Waals surface area contributed by atoms with E-state index in [4.69, 9.17) is 10.5 Å². The van der Waals surface area contributed by atoms with E-state index in [9.17, 15) is 0 Å². The summed E-state index contributed by atoms with van der Waals surface area (Å²) in [6.45, 7) is 5.19. The van der Waals surface area contributed by atoms with Crippen LogP contribution in [0.2, 0.25) is 0 Å². The molecule has 0 heterocycles. The molecule has 17 heavy (non-hydrogen) atoms. The maximum atomic E-state index is 6.23. The van der Waals surface area contributed by atoms with Gasteiger partial charge in [-0.3, -0.25) is 0 Å². The van der Waals surface area contributed by atoms with E-state index in [0.717, 1.165) is 25.9 Å². The van der Waals surface area contributed by atoms with E-state index >= 15 is 0 Å². The minimum atomic E-state index is 0.0522. The van der Waals surface area contributed by atoms with Crippen LogP contribution < -0.4 is 5.73 Å². The number of nitrogens with two attached hydrogens (primary N) is 1. The number of rotatable bonds is 5. The Morgan fingerprint density at radius 2 is 1.94 bits per heavy atom. The van der Waals surface area contributed by atoms with Crippen LogP contribution in [0, 0.1) is 0 Å². The monoisotopic (exact) mass is 233 g/mol. The van der Waals surface area contributed by atoms with Gasteiger partial charge in [0.1, 0.15) is 0 Å². The summed E-state index contributed by atoms with van der Waals surface area (Å²) < 4.78 is 5.33. The Kier molecular flexibility index (Phi) is 3.28. The molecule has 1 fully saturated rings. The molecule has 1 saturated carbocycles. The summed E-state index contributed by atoms with van der Waals surface area (Å²) in [4.78, 5) is 0. The standard InChI is InChI=1S/C15H23NO/c1-14(2,11-17-3)13-7-5-4-6-12(13)10-15(16)8-9-15/h4-7H,8-11,16H2,1-3H3. The molecule has 2 heteroatoms. The highest BCUT2D eigenvalue weighted by Gasteiger charge is 2.39. The van der Waals surface area contributed by atoms with Crippen molar-refractivity contribution in [3.63, 3.8) is 0 Å². The summed E-state index contributed by atoms with van der Waals surface area (Å²) in [6, 6.07) is 8.62. The molecule has 1 aromatic carbocycles. The molecule has 0 spiro atoms. The molecule has 2 N–H and O–H groups in total. The molecule has 0 atom stereocenters. The number of hydrogen-bond acceptors (Lipinski definition) is 2. The average Bonchev–Trinajstić information content (AvgIpc) is 2.96. The van der Waals surface area contributed by atoms with Crippen molar-refractivity contribution in [1.29, 1.82) is 0 Å². The zero-order chi connectivity index (χ0) is 12.5. The van der Waals surface area contributed by atoms with Gasteiger partial charge in [-0.25, -0.2) is 0 Å². The Morgan fingerprint density at radius 3 is 2.53 bits per heavy atom. The molecule has 1 aromatic rings. The highest BCUT2D eigenvalue weighted by atomic mass is 16.5. The fraction of sp³-hybridized carbons (Fsp3) is 0.600. The Hall–Kier alpha value is -0.860. The van der Waals surface area contributed by atoms with Crippen LogP contribution in [0.1, 0.15) is 37.8 Å². The molecular formula is C15H23NO. The highest BCUT2D eigenvalue weighted by molar-refractivity contribution is 5.35. The van der Waals surface area contributed by atoms with Gasteiger partial charge in [0.05, 0.1) is 6.61 Å². The first-order chi connectivity index (χ1) is 7.97. The van der Waals surface area contributed by atoms with Crippen LogP contribution in [-0.4, -0.2) is 19.3 Å². The van der Waals surface area contributed by atoms with Crippen molar-refractivity contribution in [2.75, 3.05) is 13.7 Å². The summed E-state index contributed by atoms with van der Waals surface area (Å²) in [5.74, 6) is 0. The number of methoxy groups -OCH3 is 1. The van der Waals surface area contributed by atoms with Crippen LogP contribution in [0.15, 0.2) is 24.3 Å². The normalized spacial score (nSPS) is 18.1. The van der Waals surface area contributed by atoms with Gasteiger partial charge in [-0.15, -0.1) is 0 Å². The lowest BCUT2D eigenvalue weighted by molar-refractivity contribution is 0.146. The Bertz CT molecular complexity index is 394. The maximum absolute atomic E-state index is 6.23. The SMILES string of the molecule is COCC(C)(C)c1ccccc1CC1(N)CC1. The van der Waals surface area contributed by atoms with Gasteiger partial charge in [0, 0.05) is 18.1 Å². The third-order valence-electron chi connectivity index (χ3n) is 3.69. The second-order valence-electron chi connectivity index (χ2n) is 6.01. The Labute approximate surface area is 104 Å². The molecule has 2 rings (SSSR count). The molecular weight excluding hydrogens is 210 g/mol. The molecule has 0 saturated heterocycles. The van der Waals surface area contributed by atoms with Gasteiger partial charge in [0.2, 0.25) is 0 Å². The largest absolute Gasteiger partial charge is 0.384 e. The topological polar surface area (TPSA) is 35.2 Å². The van der Waals surface area contributed by atoms with Gasteiger partial charge in [-0.05, 0) is 30.4 Å². The zero-order valence-electron chi connectivity index (χ0n) is 11.1. The number of ether oxygens (including phenoxy) is 1. The van der Waals surface area contributed by atoms with Crippen LogP contribution in [0.3, 0.4) is 0 Å². The van der Waals surface area contributed by atoms with Crippen molar-refractivity contribution in [3.8, 4) is 0 Å². The Morgan fingerprint density at radius 1 is 1.29 bits per heavy atom. The molecule has 0 aliphatic heterocycles. The summed E-state index contributed by atoms with van der Waals surface area (Å²) in [5, 5.41) is 0. The average molecular weight is 233 g/mol. The fourth-order valence-corrected chi connectivity index (χ4v) is 2.49. The van der Waals surface area contributed by atoms with Gasteiger partial charge >= 0.3 is 0 Å². The van der Waals surface area contributed by atoms with E-state index in [1.54, 1.807) is 7.11 Å². The number of hydrogen-bond donors (Lipinski definition) is 1.